The topological polar surface area (TPSA) is 74.6 Å². The van der Waals surface area contributed by atoms with Crippen LogP contribution in [0.1, 0.15) is 32.3 Å². The number of nitrogens with zero attached hydrogens (tertiary/aromatic N) is 6. The van der Waals surface area contributed by atoms with E-state index in [9.17, 15) is 0 Å². The fourth-order valence-electron chi connectivity index (χ4n) is 4.65. The lowest BCUT2D eigenvalue weighted by Crippen LogP contribution is -2.46. The van der Waals surface area contributed by atoms with Crippen LogP contribution in [0.4, 0.5) is 10.2 Å². The van der Waals surface area contributed by atoms with E-state index in [1.165, 1.54) is 6.33 Å². The number of aromatic nitrogens is 5. The molecule has 0 bridgehead atoms. The molecule has 0 aliphatic carbocycles. The fraction of sp³-hybridized carbons (Fsp3) is 0.435. The van der Waals surface area contributed by atoms with Crippen molar-refractivity contribution in [2.24, 2.45) is 0 Å². The van der Waals surface area contributed by atoms with Crippen LogP contribution in [0.25, 0.3) is 27.8 Å². The molecule has 0 spiro atoms. The number of nitrogens with one attached hydrogen (secondary N) is 1. The van der Waals surface area contributed by atoms with Crippen LogP contribution in [0.5, 0.6) is 5.75 Å². The number of H-pyrrole nitrogens is 1. The first-order chi connectivity index (χ1) is 15.5. The third-order valence-corrected chi connectivity index (χ3v) is 6.35. The van der Waals surface area contributed by atoms with Gasteiger partial charge < -0.3 is 19.5 Å². The predicted molar refractivity (Wildman–Crippen MR) is 123 cm³/mol. The highest BCUT2D eigenvalue weighted by atomic mass is 19.1. The number of halogens is 1. The molecule has 1 saturated heterocycles. The van der Waals surface area contributed by atoms with Gasteiger partial charge in [-0.05, 0) is 24.1 Å². The normalized spacial score (nSPS) is 15.4. The number of pyridine rings is 2. The molecule has 1 aliphatic heterocycles. The Hall–Kier alpha value is -3.20. The van der Waals surface area contributed by atoms with Gasteiger partial charge in [-0.1, -0.05) is 20.8 Å². The van der Waals surface area contributed by atoms with Gasteiger partial charge in [0.25, 0.3) is 0 Å². The molecular weight excluding hydrogens is 409 g/mol. The van der Waals surface area contributed by atoms with E-state index in [0.717, 1.165) is 49.5 Å². The van der Waals surface area contributed by atoms with Crippen molar-refractivity contribution < 1.29 is 9.13 Å². The Morgan fingerprint density at radius 3 is 2.66 bits per heavy atom. The van der Waals surface area contributed by atoms with Gasteiger partial charge in [0.2, 0.25) is 0 Å². The van der Waals surface area contributed by atoms with Gasteiger partial charge in [-0.25, -0.2) is 18.9 Å². The molecule has 4 aromatic rings. The number of piperazine rings is 1. The summed E-state index contributed by atoms with van der Waals surface area (Å²) in [4.78, 5) is 16.6. The van der Waals surface area contributed by atoms with Gasteiger partial charge in [-0.3, -0.25) is 0 Å². The second kappa shape index (κ2) is 8.05. The zero-order valence-electron chi connectivity index (χ0n) is 18.9. The maximum absolute atomic E-state index is 15.9. The summed E-state index contributed by atoms with van der Waals surface area (Å²) in [6.07, 6.45) is 5.13. The highest BCUT2D eigenvalue weighted by Crippen LogP contribution is 2.39. The molecule has 0 aromatic carbocycles. The van der Waals surface area contributed by atoms with E-state index >= 15 is 4.39 Å². The van der Waals surface area contributed by atoms with Gasteiger partial charge >= 0.3 is 0 Å². The van der Waals surface area contributed by atoms with Gasteiger partial charge in [-0.2, -0.15) is 5.10 Å². The first-order valence-electron chi connectivity index (χ1n) is 11.1. The van der Waals surface area contributed by atoms with Crippen LogP contribution >= 0.6 is 0 Å². The van der Waals surface area contributed by atoms with Crippen LogP contribution in [0.2, 0.25) is 0 Å². The molecule has 0 amide bonds. The van der Waals surface area contributed by atoms with Crippen LogP contribution in [0, 0.1) is 5.82 Å². The fourth-order valence-corrected chi connectivity index (χ4v) is 4.65. The number of likely N-dealkylation sites (N-methyl/N-ethyl adjacent to an activating group) is 1. The van der Waals surface area contributed by atoms with E-state index in [2.05, 4.69) is 50.6 Å². The molecule has 168 valence electrons. The Labute approximate surface area is 186 Å². The van der Waals surface area contributed by atoms with Crippen LogP contribution in [0.3, 0.4) is 0 Å². The summed E-state index contributed by atoms with van der Waals surface area (Å²) in [5.74, 6) is 0.886. The van der Waals surface area contributed by atoms with E-state index < -0.39 is 0 Å². The zero-order chi connectivity index (χ0) is 22.4. The summed E-state index contributed by atoms with van der Waals surface area (Å²) in [6.45, 7) is 10.7. The van der Waals surface area contributed by atoms with E-state index in [0.29, 0.717) is 28.1 Å². The molecule has 0 saturated carbocycles. The Bertz CT molecular complexity index is 1270. The summed E-state index contributed by atoms with van der Waals surface area (Å²) in [7, 11) is 1.61. The predicted octanol–water partition coefficient (Wildman–Crippen LogP) is 3.69. The minimum Gasteiger partial charge on any atom is -0.493 e. The van der Waals surface area contributed by atoms with E-state index in [1.807, 2.05) is 12.3 Å². The molecular formula is C23H28FN7O. The lowest BCUT2D eigenvalue weighted by molar-refractivity contribution is 0.270. The van der Waals surface area contributed by atoms with Crippen molar-refractivity contribution in [1.82, 2.24) is 29.5 Å². The first-order valence-corrected chi connectivity index (χ1v) is 11.1. The summed E-state index contributed by atoms with van der Waals surface area (Å²) >= 11 is 0. The number of fused-ring (bicyclic) bond motifs is 2. The summed E-state index contributed by atoms with van der Waals surface area (Å²) in [6, 6.07) is 1.91. The van der Waals surface area contributed by atoms with E-state index in [1.54, 1.807) is 17.8 Å². The number of hydrogen-bond donors (Lipinski definition) is 1. The van der Waals surface area contributed by atoms with Crippen molar-refractivity contribution >= 4 is 22.4 Å². The average molecular weight is 438 g/mol. The minimum absolute atomic E-state index is 0.0953. The van der Waals surface area contributed by atoms with Crippen molar-refractivity contribution in [1.29, 1.82) is 0 Å². The van der Waals surface area contributed by atoms with E-state index in [-0.39, 0.29) is 11.7 Å². The van der Waals surface area contributed by atoms with Gasteiger partial charge in [0.1, 0.15) is 6.33 Å². The second-order valence-electron chi connectivity index (χ2n) is 8.50. The molecule has 0 radical (unpaired) electrons. The van der Waals surface area contributed by atoms with Crippen LogP contribution in [-0.4, -0.2) is 69.3 Å². The molecule has 1 N–H and O–H groups in total. The molecule has 0 unspecified atom stereocenters. The Morgan fingerprint density at radius 2 is 1.97 bits per heavy atom. The number of anilines is 1. The second-order valence-corrected chi connectivity index (χ2v) is 8.50. The number of aromatic amines is 1. The molecule has 9 heteroatoms. The van der Waals surface area contributed by atoms with Crippen LogP contribution in [-0.2, 0) is 0 Å². The van der Waals surface area contributed by atoms with E-state index in [4.69, 9.17) is 4.74 Å². The number of ether oxygens (including phenoxy) is 1. The monoisotopic (exact) mass is 437 g/mol. The van der Waals surface area contributed by atoms with Crippen LogP contribution < -0.4 is 9.64 Å². The molecule has 5 heterocycles. The van der Waals surface area contributed by atoms with Gasteiger partial charge in [-0.15, -0.1) is 0 Å². The number of rotatable bonds is 5. The van der Waals surface area contributed by atoms with Gasteiger partial charge in [0.15, 0.2) is 23.0 Å². The Kier molecular flexibility index (Phi) is 5.21. The first kappa shape index (κ1) is 20.7. The van der Waals surface area contributed by atoms with Crippen LogP contribution in [0.15, 0.2) is 24.8 Å². The van der Waals surface area contributed by atoms with Gasteiger partial charge in [0, 0.05) is 43.3 Å². The Morgan fingerprint density at radius 1 is 1.19 bits per heavy atom. The highest BCUT2D eigenvalue weighted by Gasteiger charge is 2.26. The smallest absolute Gasteiger partial charge is 0.197 e. The SMILES string of the molecule is CCN1CCN(c2ncc3[nH]c(-c4cc(OC)c5ncnn5c4)c(C(C)C)c3c2F)CC1. The Balaban J connectivity index is 1.65. The van der Waals surface area contributed by atoms with Gasteiger partial charge in [0.05, 0.1) is 24.5 Å². The summed E-state index contributed by atoms with van der Waals surface area (Å²) in [5.41, 5.74) is 3.96. The third-order valence-electron chi connectivity index (χ3n) is 6.35. The summed E-state index contributed by atoms with van der Waals surface area (Å²) < 4.78 is 23.1. The molecule has 8 nitrogen and oxygen atoms in total. The lowest BCUT2D eigenvalue weighted by Gasteiger charge is -2.34. The summed E-state index contributed by atoms with van der Waals surface area (Å²) in [5, 5.41) is 4.87. The van der Waals surface area contributed by atoms with Crippen molar-refractivity contribution in [3.05, 3.63) is 36.2 Å². The maximum atomic E-state index is 15.9. The van der Waals surface area contributed by atoms with Crippen molar-refractivity contribution in [2.75, 3.05) is 44.7 Å². The molecule has 1 aliphatic rings. The number of hydrogen-bond acceptors (Lipinski definition) is 6. The molecule has 4 aromatic heterocycles. The molecule has 1 fully saturated rings. The number of methoxy groups -OCH3 is 1. The quantitative estimate of drug-likeness (QED) is 0.513. The molecule has 5 rings (SSSR count). The average Bonchev–Trinajstić information content (AvgIpc) is 3.44. The standard InChI is InChI=1S/C23H28FN7O/c1-5-29-6-8-30(9-7-29)23-20(24)19-16(11-25-23)28-21(18(19)14(2)3)15-10-17(32-4)22-26-13-27-31(22)12-15/h10-14,28H,5-9H2,1-4H3. The van der Waals surface area contributed by atoms with Crippen molar-refractivity contribution in [3.63, 3.8) is 0 Å². The minimum atomic E-state index is -0.257. The van der Waals surface area contributed by atoms with Crippen molar-refractivity contribution in [2.45, 2.75) is 26.7 Å². The highest BCUT2D eigenvalue weighted by molar-refractivity contribution is 5.93. The maximum Gasteiger partial charge on any atom is 0.197 e. The molecule has 32 heavy (non-hydrogen) atoms. The largest absolute Gasteiger partial charge is 0.493 e. The lowest BCUT2D eigenvalue weighted by atomic mass is 9.96. The third kappa shape index (κ3) is 3.28. The zero-order valence-corrected chi connectivity index (χ0v) is 18.9. The van der Waals surface area contributed by atoms with Crippen molar-refractivity contribution in [3.8, 4) is 17.0 Å². The molecule has 0 atom stereocenters.